The molecule has 3 rings (SSSR count). The van der Waals surface area contributed by atoms with Gasteiger partial charge in [0, 0.05) is 24.4 Å². The van der Waals surface area contributed by atoms with E-state index in [9.17, 15) is 0 Å². The van der Waals surface area contributed by atoms with E-state index in [0.717, 1.165) is 5.65 Å². The van der Waals surface area contributed by atoms with E-state index >= 15 is 0 Å². The molecule has 1 saturated carbocycles. The highest BCUT2D eigenvalue weighted by Crippen LogP contribution is 2.39. The Kier molecular flexibility index (Phi) is 1.42. The summed E-state index contributed by atoms with van der Waals surface area (Å²) in [5, 5.41) is 13.1. The number of nitriles is 1. The molecule has 0 unspecified atom stereocenters. The lowest BCUT2D eigenvalue weighted by Crippen LogP contribution is -1.92. The van der Waals surface area contributed by atoms with Crippen LogP contribution in [0.25, 0.3) is 5.65 Å². The van der Waals surface area contributed by atoms with Crippen LogP contribution in [0.4, 0.5) is 0 Å². The van der Waals surface area contributed by atoms with Gasteiger partial charge in [-0.15, -0.1) is 0 Å². The molecule has 0 aromatic carbocycles. The highest BCUT2D eigenvalue weighted by Gasteiger charge is 2.26. The SMILES string of the molecule is N#CCn1ccn2nc(C3CC3)cc12. The molecule has 4 heteroatoms. The lowest BCUT2D eigenvalue weighted by atomic mass is 10.3. The Labute approximate surface area is 81.4 Å². The molecule has 0 spiro atoms. The smallest absolute Gasteiger partial charge is 0.136 e. The van der Waals surface area contributed by atoms with Crippen LogP contribution in [-0.4, -0.2) is 14.2 Å². The first-order chi connectivity index (χ1) is 6.88. The molecule has 4 nitrogen and oxygen atoms in total. The van der Waals surface area contributed by atoms with E-state index in [1.807, 2.05) is 21.5 Å². The summed E-state index contributed by atoms with van der Waals surface area (Å²) >= 11 is 0. The van der Waals surface area contributed by atoms with Crippen molar-refractivity contribution in [1.29, 1.82) is 5.26 Å². The molecule has 0 bridgehead atoms. The maximum Gasteiger partial charge on any atom is 0.136 e. The fourth-order valence-corrected chi connectivity index (χ4v) is 1.74. The van der Waals surface area contributed by atoms with Gasteiger partial charge < -0.3 is 4.57 Å². The topological polar surface area (TPSA) is 46.0 Å². The lowest BCUT2D eigenvalue weighted by molar-refractivity contribution is 0.854. The number of fused-ring (bicyclic) bond motifs is 1. The van der Waals surface area contributed by atoms with Crippen LogP contribution in [0.3, 0.4) is 0 Å². The van der Waals surface area contributed by atoms with Crippen molar-refractivity contribution in [2.24, 2.45) is 0 Å². The highest BCUT2D eigenvalue weighted by molar-refractivity contribution is 5.43. The molecule has 2 aromatic heterocycles. The van der Waals surface area contributed by atoms with Gasteiger partial charge in [-0.2, -0.15) is 10.4 Å². The summed E-state index contributed by atoms with van der Waals surface area (Å²) in [7, 11) is 0. The fourth-order valence-electron chi connectivity index (χ4n) is 1.74. The van der Waals surface area contributed by atoms with Crippen molar-refractivity contribution in [1.82, 2.24) is 14.2 Å². The van der Waals surface area contributed by atoms with Crippen LogP contribution < -0.4 is 0 Å². The van der Waals surface area contributed by atoms with Crippen molar-refractivity contribution in [3.8, 4) is 6.07 Å². The molecular formula is C10H10N4. The molecule has 0 radical (unpaired) electrons. The van der Waals surface area contributed by atoms with E-state index in [2.05, 4.69) is 17.2 Å². The predicted molar refractivity (Wildman–Crippen MR) is 50.8 cm³/mol. The molecule has 0 atom stereocenters. The highest BCUT2D eigenvalue weighted by atomic mass is 15.3. The van der Waals surface area contributed by atoms with Crippen molar-refractivity contribution in [3.05, 3.63) is 24.2 Å². The Bertz CT molecular complexity index is 510. The van der Waals surface area contributed by atoms with Crippen LogP contribution in [0.2, 0.25) is 0 Å². The van der Waals surface area contributed by atoms with Crippen LogP contribution in [-0.2, 0) is 6.54 Å². The third kappa shape index (κ3) is 1.02. The zero-order valence-electron chi connectivity index (χ0n) is 7.72. The van der Waals surface area contributed by atoms with Crippen LogP contribution in [0.15, 0.2) is 18.5 Å². The zero-order valence-corrected chi connectivity index (χ0v) is 7.72. The molecule has 0 N–H and O–H groups in total. The summed E-state index contributed by atoms with van der Waals surface area (Å²) in [6, 6.07) is 4.23. The molecule has 1 fully saturated rings. The Morgan fingerprint density at radius 1 is 1.50 bits per heavy atom. The molecule has 1 aliphatic rings. The monoisotopic (exact) mass is 186 g/mol. The second kappa shape index (κ2) is 2.61. The van der Waals surface area contributed by atoms with E-state index in [0.29, 0.717) is 12.5 Å². The average Bonchev–Trinajstić information content (AvgIpc) is 2.84. The van der Waals surface area contributed by atoms with Gasteiger partial charge in [-0.3, -0.25) is 0 Å². The first-order valence-corrected chi connectivity index (χ1v) is 4.80. The molecule has 1 aliphatic carbocycles. The normalized spacial score (nSPS) is 15.9. The van der Waals surface area contributed by atoms with Gasteiger partial charge in [-0.1, -0.05) is 0 Å². The summed E-state index contributed by atoms with van der Waals surface area (Å²) in [5.74, 6) is 0.672. The van der Waals surface area contributed by atoms with Gasteiger partial charge in [0.05, 0.1) is 11.8 Å². The van der Waals surface area contributed by atoms with Crippen LogP contribution in [0.5, 0.6) is 0 Å². The third-order valence-electron chi connectivity index (χ3n) is 2.65. The van der Waals surface area contributed by atoms with Gasteiger partial charge in [-0.25, -0.2) is 4.52 Å². The van der Waals surface area contributed by atoms with Gasteiger partial charge in [0.25, 0.3) is 0 Å². The molecule has 14 heavy (non-hydrogen) atoms. The summed E-state index contributed by atoms with van der Waals surface area (Å²) in [4.78, 5) is 0. The van der Waals surface area contributed by atoms with Gasteiger partial charge in [0.2, 0.25) is 0 Å². The zero-order chi connectivity index (χ0) is 9.54. The molecular weight excluding hydrogens is 176 g/mol. The average molecular weight is 186 g/mol. The van der Waals surface area contributed by atoms with E-state index in [-0.39, 0.29) is 0 Å². The van der Waals surface area contributed by atoms with E-state index in [1.165, 1.54) is 18.5 Å². The van der Waals surface area contributed by atoms with Gasteiger partial charge in [0.1, 0.15) is 12.2 Å². The number of hydrogen-bond acceptors (Lipinski definition) is 2. The first-order valence-electron chi connectivity index (χ1n) is 4.80. The van der Waals surface area contributed by atoms with Crippen molar-refractivity contribution in [2.75, 3.05) is 0 Å². The Morgan fingerprint density at radius 3 is 3.07 bits per heavy atom. The Balaban J connectivity index is 2.10. The van der Waals surface area contributed by atoms with Crippen LogP contribution >= 0.6 is 0 Å². The quantitative estimate of drug-likeness (QED) is 0.714. The van der Waals surface area contributed by atoms with Crippen molar-refractivity contribution < 1.29 is 0 Å². The standard InChI is InChI=1S/C10H10N4/c11-3-4-13-5-6-14-10(13)7-9(12-14)8-1-2-8/h5-8H,1-2,4H2. The number of rotatable bonds is 2. The summed E-state index contributed by atoms with van der Waals surface area (Å²) in [6.45, 7) is 0.395. The molecule has 0 saturated heterocycles. The fraction of sp³-hybridized carbons (Fsp3) is 0.400. The molecule has 2 heterocycles. The summed E-state index contributed by atoms with van der Waals surface area (Å²) in [5.41, 5.74) is 2.20. The van der Waals surface area contributed by atoms with Crippen molar-refractivity contribution in [3.63, 3.8) is 0 Å². The van der Waals surface area contributed by atoms with E-state index in [1.54, 1.807) is 0 Å². The second-order valence-corrected chi connectivity index (χ2v) is 3.73. The van der Waals surface area contributed by atoms with Gasteiger partial charge in [-0.05, 0) is 12.8 Å². The molecule has 0 amide bonds. The lowest BCUT2D eigenvalue weighted by Gasteiger charge is -1.92. The molecule has 0 aliphatic heterocycles. The summed E-state index contributed by atoms with van der Waals surface area (Å²) < 4.78 is 3.77. The number of aromatic nitrogens is 3. The Hall–Kier alpha value is -1.76. The number of hydrogen-bond donors (Lipinski definition) is 0. The van der Waals surface area contributed by atoms with Crippen LogP contribution in [0.1, 0.15) is 24.5 Å². The molecule has 70 valence electrons. The van der Waals surface area contributed by atoms with Crippen LogP contribution in [0, 0.1) is 11.3 Å². The van der Waals surface area contributed by atoms with E-state index < -0.39 is 0 Å². The van der Waals surface area contributed by atoms with Crippen molar-refractivity contribution in [2.45, 2.75) is 25.3 Å². The van der Waals surface area contributed by atoms with Gasteiger partial charge in [0.15, 0.2) is 0 Å². The third-order valence-corrected chi connectivity index (χ3v) is 2.65. The maximum atomic E-state index is 8.63. The predicted octanol–water partition coefficient (Wildman–Crippen LogP) is 1.54. The first kappa shape index (κ1) is 7.63. The minimum absolute atomic E-state index is 0.395. The van der Waals surface area contributed by atoms with Gasteiger partial charge >= 0.3 is 0 Å². The minimum Gasteiger partial charge on any atom is -0.318 e. The second-order valence-electron chi connectivity index (χ2n) is 3.73. The summed E-state index contributed by atoms with van der Waals surface area (Å²) in [6.07, 6.45) is 6.32. The number of nitrogens with zero attached hydrogens (tertiary/aromatic N) is 4. The largest absolute Gasteiger partial charge is 0.318 e. The maximum absolute atomic E-state index is 8.63. The number of imidazole rings is 1. The molecule has 2 aromatic rings. The Morgan fingerprint density at radius 2 is 2.36 bits per heavy atom. The van der Waals surface area contributed by atoms with Crippen molar-refractivity contribution >= 4 is 5.65 Å². The van der Waals surface area contributed by atoms with E-state index in [4.69, 9.17) is 5.26 Å². The minimum atomic E-state index is 0.395.